The van der Waals surface area contributed by atoms with Crippen LogP contribution in [0.5, 0.6) is 0 Å². The highest BCUT2D eigenvalue weighted by Gasteiger charge is 2.37. The van der Waals surface area contributed by atoms with Crippen LogP contribution in [0.4, 0.5) is 11.4 Å². The summed E-state index contributed by atoms with van der Waals surface area (Å²) in [5.74, 6) is -0.950. The lowest BCUT2D eigenvalue weighted by molar-refractivity contribution is -0.137. The van der Waals surface area contributed by atoms with Crippen LogP contribution in [-0.4, -0.2) is 81.6 Å². The highest BCUT2D eigenvalue weighted by molar-refractivity contribution is 6.52. The number of aliphatic imine (C=N–C) groups is 1. The van der Waals surface area contributed by atoms with Crippen LogP contribution in [0.25, 0.3) is 11.1 Å². The molecule has 0 atom stereocenters. The molecule has 1 heterocycles. The van der Waals surface area contributed by atoms with Gasteiger partial charge in [-0.25, -0.2) is 4.98 Å². The summed E-state index contributed by atoms with van der Waals surface area (Å²) in [6.45, 7) is 0.225. The molecular formula is C48H59N5O4. The molecule has 2 amide bonds. The summed E-state index contributed by atoms with van der Waals surface area (Å²) in [5, 5.41) is 0. The fourth-order valence-electron chi connectivity index (χ4n) is 10.6. The van der Waals surface area contributed by atoms with Gasteiger partial charge in [-0.2, -0.15) is 0 Å². The number of nitrogens with zero attached hydrogens (tertiary/aromatic N) is 5. The maximum absolute atomic E-state index is 14.9. The number of carbonyl (C=O) groups is 4. The van der Waals surface area contributed by atoms with E-state index in [1.54, 1.807) is 18.3 Å². The molecule has 8 rings (SSSR count). The van der Waals surface area contributed by atoms with Crippen LogP contribution in [0.2, 0.25) is 0 Å². The highest BCUT2D eigenvalue weighted by Crippen LogP contribution is 2.36. The molecule has 0 radical (unpaired) electrons. The number of hydrogen-bond acceptors (Lipinski definition) is 7. The first kappa shape index (κ1) is 39.2. The smallest absolute Gasteiger partial charge is 0.252 e. The molecule has 5 aliphatic carbocycles. The monoisotopic (exact) mass is 769 g/mol. The molecule has 9 nitrogen and oxygen atoms in total. The van der Waals surface area contributed by atoms with Crippen LogP contribution in [-0.2, 0) is 9.59 Å². The van der Waals surface area contributed by atoms with Crippen molar-refractivity contribution in [3.8, 4) is 11.1 Å². The Balaban J connectivity index is 1.12. The first-order chi connectivity index (χ1) is 28.0. The van der Waals surface area contributed by atoms with Crippen LogP contribution in [0, 0.1) is 0 Å². The van der Waals surface area contributed by atoms with E-state index in [-0.39, 0.29) is 54.8 Å². The summed E-state index contributed by atoms with van der Waals surface area (Å²) >= 11 is 0. The van der Waals surface area contributed by atoms with Crippen molar-refractivity contribution in [2.24, 2.45) is 4.99 Å². The minimum Gasteiger partial charge on any atom is -0.351 e. The minimum absolute atomic E-state index is 0.113. The van der Waals surface area contributed by atoms with Gasteiger partial charge in [-0.05, 0) is 81.2 Å². The topological polar surface area (TPSA) is 103 Å². The van der Waals surface area contributed by atoms with E-state index in [4.69, 9.17) is 4.99 Å². The van der Waals surface area contributed by atoms with Crippen LogP contribution in [0.1, 0.15) is 155 Å². The van der Waals surface area contributed by atoms with Crippen LogP contribution in [0.3, 0.4) is 0 Å². The van der Waals surface area contributed by atoms with Crippen molar-refractivity contribution < 1.29 is 19.2 Å². The molecule has 4 saturated carbocycles. The molecule has 0 spiro atoms. The number of anilines is 1. The average molecular weight is 770 g/mol. The molecule has 9 heteroatoms. The number of para-hydroxylation sites is 2. The van der Waals surface area contributed by atoms with E-state index in [0.717, 1.165) is 108 Å². The van der Waals surface area contributed by atoms with E-state index in [2.05, 4.69) is 14.8 Å². The van der Waals surface area contributed by atoms with Crippen molar-refractivity contribution in [3.05, 3.63) is 77.6 Å². The Bertz CT molecular complexity index is 1860. The normalized spacial score (nSPS) is 19.9. The van der Waals surface area contributed by atoms with Gasteiger partial charge in [0.2, 0.25) is 17.6 Å². The first-order valence-corrected chi connectivity index (χ1v) is 22.2. The summed E-state index contributed by atoms with van der Waals surface area (Å²) in [7, 11) is 0. The Morgan fingerprint density at radius 2 is 1.00 bits per heavy atom. The second-order valence-electron chi connectivity index (χ2n) is 17.2. The second-order valence-corrected chi connectivity index (χ2v) is 17.2. The largest absolute Gasteiger partial charge is 0.351 e. The van der Waals surface area contributed by atoms with E-state index in [1.165, 1.54) is 25.7 Å². The number of rotatable bonds is 11. The molecule has 300 valence electrons. The molecule has 3 aromatic rings. The minimum atomic E-state index is -0.622. The predicted molar refractivity (Wildman–Crippen MR) is 225 cm³/mol. The molecule has 2 aromatic carbocycles. The van der Waals surface area contributed by atoms with Gasteiger partial charge >= 0.3 is 0 Å². The van der Waals surface area contributed by atoms with E-state index >= 15 is 0 Å². The van der Waals surface area contributed by atoms with E-state index in [1.807, 2.05) is 53.4 Å². The van der Waals surface area contributed by atoms with Gasteiger partial charge in [-0.15, -0.1) is 0 Å². The Kier molecular flexibility index (Phi) is 12.6. The van der Waals surface area contributed by atoms with Crippen molar-refractivity contribution >= 4 is 41.0 Å². The summed E-state index contributed by atoms with van der Waals surface area (Å²) in [5.41, 5.74) is 3.66. The Morgan fingerprint density at radius 1 is 0.544 bits per heavy atom. The first-order valence-electron chi connectivity index (χ1n) is 22.2. The third-order valence-corrected chi connectivity index (χ3v) is 13.5. The summed E-state index contributed by atoms with van der Waals surface area (Å²) in [4.78, 5) is 72.0. The number of pyridine rings is 1. The molecule has 0 N–H and O–H groups in total. The maximum Gasteiger partial charge on any atom is 0.252 e. The van der Waals surface area contributed by atoms with Crippen molar-refractivity contribution in [1.82, 2.24) is 14.8 Å². The molecule has 0 bridgehead atoms. The lowest BCUT2D eigenvalue weighted by Gasteiger charge is -2.44. The van der Waals surface area contributed by atoms with Gasteiger partial charge in [0.15, 0.2) is 0 Å². The highest BCUT2D eigenvalue weighted by atomic mass is 16.2. The van der Waals surface area contributed by atoms with Gasteiger partial charge in [0.25, 0.3) is 5.78 Å². The standard InChI is InChI=1S/C48H59N5O4/c54-44(52(35-17-5-1-6-18-35)36-19-7-2-8-20-36)32-51(33-45(55)53(37-21-9-3-10-22-37)38-23-11-4-12-24-38)43-28-16-15-27-42(43)49-31-34-29-30-40-39-25-13-14-26-41(39)47(56)48(57)46(40)50-34/h13-16,25-31,35-38H,1-12,17-24,32-33H2. The van der Waals surface area contributed by atoms with Crippen LogP contribution in [0.15, 0.2) is 65.7 Å². The number of amides is 2. The zero-order valence-corrected chi connectivity index (χ0v) is 33.6. The van der Waals surface area contributed by atoms with E-state index in [9.17, 15) is 19.2 Å². The lowest BCUT2D eigenvalue weighted by atomic mass is 9.87. The number of ketones is 2. The maximum atomic E-state index is 14.9. The van der Waals surface area contributed by atoms with Gasteiger partial charge in [-0.1, -0.05) is 113 Å². The number of carbonyl (C=O) groups excluding carboxylic acids is 4. The molecule has 0 saturated heterocycles. The Labute approximate surface area is 338 Å². The lowest BCUT2D eigenvalue weighted by Crippen LogP contribution is -2.55. The molecular weight excluding hydrogens is 711 g/mol. The SMILES string of the molecule is O=C1C(=O)c2nc(C=Nc3ccccc3N(CC(=O)N(C3CCCCC3)C3CCCCC3)CC(=O)N(C3CCCCC3)C3CCCCC3)ccc2-c2ccccc21. The van der Waals surface area contributed by atoms with Gasteiger partial charge in [0.05, 0.1) is 36.4 Å². The van der Waals surface area contributed by atoms with Gasteiger partial charge in [0, 0.05) is 35.3 Å². The van der Waals surface area contributed by atoms with Crippen molar-refractivity contribution in [2.75, 3.05) is 18.0 Å². The van der Waals surface area contributed by atoms with Gasteiger partial charge in [-0.3, -0.25) is 24.2 Å². The fraction of sp³-hybridized carbons (Fsp3) is 0.542. The molecule has 5 aliphatic rings. The number of benzene rings is 2. The van der Waals surface area contributed by atoms with Gasteiger partial charge < -0.3 is 14.7 Å². The number of aromatic nitrogens is 1. The number of fused-ring (bicyclic) bond motifs is 3. The second kappa shape index (κ2) is 18.3. The Hall–Kier alpha value is -4.66. The van der Waals surface area contributed by atoms with Crippen molar-refractivity contribution in [1.29, 1.82) is 0 Å². The quantitative estimate of drug-likeness (QED) is 0.142. The summed E-state index contributed by atoms with van der Waals surface area (Å²) in [6, 6.07) is 19.5. The third-order valence-electron chi connectivity index (χ3n) is 13.5. The summed E-state index contributed by atoms with van der Waals surface area (Å²) < 4.78 is 0. The molecule has 0 aliphatic heterocycles. The van der Waals surface area contributed by atoms with Crippen molar-refractivity contribution in [2.45, 2.75) is 153 Å². The van der Waals surface area contributed by atoms with Gasteiger partial charge in [0.1, 0.15) is 5.69 Å². The predicted octanol–water partition coefficient (Wildman–Crippen LogP) is 9.67. The fourth-order valence-corrected chi connectivity index (χ4v) is 10.6. The number of Topliss-reactive ketones (excluding diaryl/α,β-unsaturated/α-hetero) is 2. The number of hydrogen-bond donors (Lipinski definition) is 0. The van der Waals surface area contributed by atoms with Crippen molar-refractivity contribution in [3.63, 3.8) is 0 Å². The van der Waals surface area contributed by atoms with Crippen LogP contribution < -0.4 is 4.90 Å². The Morgan fingerprint density at radius 3 is 1.51 bits per heavy atom. The van der Waals surface area contributed by atoms with Crippen LogP contribution >= 0.6 is 0 Å². The summed E-state index contributed by atoms with van der Waals surface area (Å²) in [6.07, 6.45) is 24.1. The van der Waals surface area contributed by atoms with E-state index in [0.29, 0.717) is 28.1 Å². The van der Waals surface area contributed by atoms with E-state index < -0.39 is 11.6 Å². The third kappa shape index (κ3) is 8.78. The molecule has 4 fully saturated rings. The zero-order chi connectivity index (χ0) is 39.1. The molecule has 0 unspecified atom stereocenters. The average Bonchev–Trinajstić information content (AvgIpc) is 3.26. The zero-order valence-electron chi connectivity index (χ0n) is 33.6. The molecule has 57 heavy (non-hydrogen) atoms. The molecule has 1 aromatic heterocycles.